The summed E-state index contributed by atoms with van der Waals surface area (Å²) in [6, 6.07) is 8.23. The standard InChI is InChI=1S/C31H56N4O3S/c1-4-7-8-9-10-11-12-13-14-15-16-17-18-19-28-39(36,37)33-32-31(35-24-26-38-27-25-35)29-20-22-30(23-21-29)34(5-2)6-3/h20-23,33H,4-19,24-28H2,1-3H3/b32-31+. The Morgan fingerprint density at radius 1 is 0.795 bits per heavy atom. The van der Waals surface area contributed by atoms with Crippen molar-refractivity contribution in [1.29, 1.82) is 0 Å². The molecule has 39 heavy (non-hydrogen) atoms. The zero-order valence-corrected chi connectivity index (χ0v) is 25.9. The highest BCUT2D eigenvalue weighted by molar-refractivity contribution is 7.89. The molecule has 0 radical (unpaired) electrons. The molecule has 0 saturated carbocycles. The minimum atomic E-state index is -3.47. The molecule has 8 heteroatoms. The quantitative estimate of drug-likeness (QED) is 0.0759. The van der Waals surface area contributed by atoms with Crippen LogP contribution in [-0.4, -0.2) is 64.3 Å². The lowest BCUT2D eigenvalue weighted by atomic mass is 10.0. The van der Waals surface area contributed by atoms with Crippen LogP contribution >= 0.6 is 0 Å². The van der Waals surface area contributed by atoms with Gasteiger partial charge in [-0.3, -0.25) is 0 Å². The Morgan fingerprint density at radius 2 is 1.28 bits per heavy atom. The Labute approximate surface area is 239 Å². The molecule has 0 unspecified atom stereocenters. The zero-order valence-electron chi connectivity index (χ0n) is 25.1. The highest BCUT2D eigenvalue weighted by Crippen LogP contribution is 2.18. The number of hydrazone groups is 1. The number of nitrogens with one attached hydrogen (secondary N) is 1. The van der Waals surface area contributed by atoms with Crippen LogP contribution in [0.1, 0.15) is 116 Å². The Balaban J connectivity index is 1.73. The number of anilines is 1. The van der Waals surface area contributed by atoms with Crippen LogP contribution in [0.15, 0.2) is 29.4 Å². The summed E-state index contributed by atoms with van der Waals surface area (Å²) in [6.07, 6.45) is 17.5. The van der Waals surface area contributed by atoms with Crippen molar-refractivity contribution >= 4 is 21.5 Å². The molecule has 0 aromatic heterocycles. The molecule has 0 atom stereocenters. The van der Waals surface area contributed by atoms with Crippen molar-refractivity contribution in [1.82, 2.24) is 9.73 Å². The van der Waals surface area contributed by atoms with E-state index in [-0.39, 0.29) is 5.75 Å². The molecule has 2 rings (SSSR count). The van der Waals surface area contributed by atoms with Crippen molar-refractivity contribution in [3.05, 3.63) is 29.8 Å². The van der Waals surface area contributed by atoms with Crippen LogP contribution in [0.3, 0.4) is 0 Å². The molecule has 1 heterocycles. The number of hydrogen-bond donors (Lipinski definition) is 1. The first kappa shape index (κ1) is 33.4. The molecule has 1 N–H and O–H groups in total. The van der Waals surface area contributed by atoms with Gasteiger partial charge in [0, 0.05) is 37.4 Å². The molecule has 1 fully saturated rings. The number of morpholine rings is 1. The summed E-state index contributed by atoms with van der Waals surface area (Å²) in [4.78, 5) is 6.92. The number of rotatable bonds is 21. The molecular formula is C31H56N4O3S. The fraction of sp³-hybridized carbons (Fsp3) is 0.774. The van der Waals surface area contributed by atoms with E-state index in [1.54, 1.807) is 0 Å². The second kappa shape index (κ2) is 20.1. The van der Waals surface area contributed by atoms with Gasteiger partial charge in [0.15, 0.2) is 5.84 Å². The van der Waals surface area contributed by atoms with Gasteiger partial charge in [-0.05, 0) is 44.5 Å². The lowest BCUT2D eigenvalue weighted by molar-refractivity contribution is 0.0681. The first-order valence-corrected chi connectivity index (χ1v) is 17.4. The van der Waals surface area contributed by atoms with Crippen LogP contribution in [0.4, 0.5) is 5.69 Å². The van der Waals surface area contributed by atoms with Crippen molar-refractivity contribution in [2.24, 2.45) is 5.10 Å². The summed E-state index contributed by atoms with van der Waals surface area (Å²) in [6.45, 7) is 11.1. The molecule has 0 spiro atoms. The Kier molecular flexibility index (Phi) is 17.2. The molecular weight excluding hydrogens is 508 g/mol. The Bertz CT molecular complexity index is 880. The van der Waals surface area contributed by atoms with Crippen molar-refractivity contribution in [2.75, 3.05) is 50.0 Å². The number of benzene rings is 1. The fourth-order valence-corrected chi connectivity index (χ4v) is 6.05. The summed E-state index contributed by atoms with van der Waals surface area (Å²) in [7, 11) is -3.47. The third-order valence-corrected chi connectivity index (χ3v) is 8.82. The maximum Gasteiger partial charge on any atom is 0.247 e. The second-order valence-electron chi connectivity index (χ2n) is 10.8. The van der Waals surface area contributed by atoms with E-state index < -0.39 is 10.0 Å². The lowest BCUT2D eigenvalue weighted by Crippen LogP contribution is -2.42. The van der Waals surface area contributed by atoms with Gasteiger partial charge in [0.05, 0.1) is 19.0 Å². The topological polar surface area (TPSA) is 74.2 Å². The van der Waals surface area contributed by atoms with Crippen LogP contribution in [-0.2, 0) is 14.8 Å². The minimum Gasteiger partial charge on any atom is -0.378 e. The number of unbranched alkanes of at least 4 members (excludes halogenated alkanes) is 13. The van der Waals surface area contributed by atoms with Crippen molar-refractivity contribution in [2.45, 2.75) is 111 Å². The SMILES string of the molecule is CCCCCCCCCCCCCCCCS(=O)(=O)N/N=C(\c1ccc(N(CC)CC)cc1)N1CCOCC1. The third-order valence-electron chi connectivity index (χ3n) is 7.62. The van der Waals surface area contributed by atoms with Crippen molar-refractivity contribution in [3.8, 4) is 0 Å². The van der Waals surface area contributed by atoms with Gasteiger partial charge in [0.1, 0.15) is 0 Å². The summed E-state index contributed by atoms with van der Waals surface area (Å²) in [5.41, 5.74) is 2.07. The normalized spacial score (nSPS) is 14.5. The van der Waals surface area contributed by atoms with Gasteiger partial charge in [0.25, 0.3) is 0 Å². The van der Waals surface area contributed by atoms with Gasteiger partial charge in [-0.15, -0.1) is 5.10 Å². The van der Waals surface area contributed by atoms with Crippen LogP contribution in [0, 0.1) is 0 Å². The molecule has 224 valence electrons. The van der Waals surface area contributed by atoms with Crippen LogP contribution in [0.2, 0.25) is 0 Å². The largest absolute Gasteiger partial charge is 0.378 e. The first-order chi connectivity index (χ1) is 19.0. The maximum atomic E-state index is 12.7. The van der Waals surface area contributed by atoms with E-state index in [9.17, 15) is 8.42 Å². The van der Waals surface area contributed by atoms with Crippen LogP contribution < -0.4 is 9.73 Å². The average Bonchev–Trinajstić information content (AvgIpc) is 2.95. The van der Waals surface area contributed by atoms with Gasteiger partial charge in [0.2, 0.25) is 10.0 Å². The fourth-order valence-electron chi connectivity index (χ4n) is 5.15. The first-order valence-electron chi connectivity index (χ1n) is 15.8. The molecule has 0 aliphatic carbocycles. The van der Waals surface area contributed by atoms with E-state index in [1.807, 2.05) is 12.1 Å². The van der Waals surface area contributed by atoms with Crippen molar-refractivity contribution in [3.63, 3.8) is 0 Å². The molecule has 1 saturated heterocycles. The van der Waals surface area contributed by atoms with Crippen LogP contribution in [0.25, 0.3) is 0 Å². The van der Waals surface area contributed by atoms with E-state index in [1.165, 1.54) is 70.6 Å². The number of sulfonamides is 1. The van der Waals surface area contributed by atoms with Crippen LogP contribution in [0.5, 0.6) is 0 Å². The van der Waals surface area contributed by atoms with Gasteiger partial charge in [-0.1, -0.05) is 90.4 Å². The van der Waals surface area contributed by atoms with E-state index in [4.69, 9.17) is 4.74 Å². The maximum absolute atomic E-state index is 12.7. The Morgan fingerprint density at radius 3 is 1.77 bits per heavy atom. The van der Waals surface area contributed by atoms with Gasteiger partial charge in [-0.2, -0.15) is 0 Å². The smallest absolute Gasteiger partial charge is 0.247 e. The van der Waals surface area contributed by atoms with Crippen molar-refractivity contribution < 1.29 is 13.2 Å². The summed E-state index contributed by atoms with van der Waals surface area (Å²) >= 11 is 0. The number of nitrogens with zero attached hydrogens (tertiary/aromatic N) is 3. The van der Waals surface area contributed by atoms with E-state index in [2.05, 4.69) is 52.6 Å². The predicted octanol–water partition coefficient (Wildman–Crippen LogP) is 6.93. The van der Waals surface area contributed by atoms with Gasteiger partial charge >= 0.3 is 0 Å². The molecule has 1 aliphatic heterocycles. The zero-order chi connectivity index (χ0) is 28.2. The number of amidine groups is 1. The molecule has 1 aromatic carbocycles. The molecule has 0 amide bonds. The second-order valence-corrected chi connectivity index (χ2v) is 12.6. The third kappa shape index (κ3) is 13.9. The molecule has 1 aromatic rings. The number of ether oxygens (including phenoxy) is 1. The minimum absolute atomic E-state index is 0.117. The molecule has 1 aliphatic rings. The predicted molar refractivity (Wildman–Crippen MR) is 166 cm³/mol. The highest BCUT2D eigenvalue weighted by atomic mass is 32.2. The highest BCUT2D eigenvalue weighted by Gasteiger charge is 2.19. The summed E-state index contributed by atoms with van der Waals surface area (Å²) in [5.74, 6) is 0.778. The lowest BCUT2D eigenvalue weighted by Gasteiger charge is -2.30. The molecule has 7 nitrogen and oxygen atoms in total. The molecule has 0 bridgehead atoms. The van der Waals surface area contributed by atoms with Gasteiger partial charge < -0.3 is 14.5 Å². The Hall–Kier alpha value is -1.80. The van der Waals surface area contributed by atoms with Gasteiger partial charge in [-0.25, -0.2) is 13.2 Å². The van der Waals surface area contributed by atoms with E-state index >= 15 is 0 Å². The number of hydrogen-bond acceptors (Lipinski definition) is 5. The van der Waals surface area contributed by atoms with E-state index in [0.717, 1.165) is 37.2 Å². The summed E-state index contributed by atoms with van der Waals surface area (Å²) < 4.78 is 30.9. The monoisotopic (exact) mass is 564 g/mol. The average molecular weight is 565 g/mol. The summed E-state index contributed by atoms with van der Waals surface area (Å²) in [5, 5.41) is 4.42. The van der Waals surface area contributed by atoms with E-state index in [0.29, 0.717) is 38.6 Å².